The van der Waals surface area contributed by atoms with E-state index in [1.54, 1.807) is 13.1 Å². The number of nitrogens with zero attached hydrogens (tertiary/aromatic N) is 1. The summed E-state index contributed by atoms with van der Waals surface area (Å²) >= 11 is 0. The summed E-state index contributed by atoms with van der Waals surface area (Å²) in [4.78, 5) is 13.5. The average molecular weight is 269 g/mol. The molecule has 0 aliphatic carbocycles. The Kier molecular flexibility index (Phi) is 5.76. The van der Waals surface area contributed by atoms with Gasteiger partial charge in [-0.05, 0) is 24.1 Å². The first-order chi connectivity index (χ1) is 9.03. The zero-order valence-electron chi connectivity index (χ0n) is 11.5. The molecule has 0 aliphatic rings. The smallest absolute Gasteiger partial charge is 0.228 e. The van der Waals surface area contributed by atoms with Gasteiger partial charge in [0.2, 0.25) is 5.91 Å². The summed E-state index contributed by atoms with van der Waals surface area (Å²) < 4.78 is 18.4. The Morgan fingerprint density at radius 3 is 2.68 bits per heavy atom. The number of benzene rings is 1. The van der Waals surface area contributed by atoms with Crippen molar-refractivity contribution in [1.29, 1.82) is 0 Å². The minimum absolute atomic E-state index is 0.138. The van der Waals surface area contributed by atoms with Gasteiger partial charge in [-0.1, -0.05) is 13.0 Å². The summed E-state index contributed by atoms with van der Waals surface area (Å²) in [6, 6.07) is 4.60. The molecule has 0 saturated carbocycles. The number of carbonyl (C=O) groups excluding carboxylic acids is 1. The molecular formula is C14H20FNO3. The van der Waals surface area contributed by atoms with Crippen LogP contribution in [0.5, 0.6) is 5.75 Å². The second-order valence-corrected chi connectivity index (χ2v) is 4.45. The highest BCUT2D eigenvalue weighted by Crippen LogP contribution is 2.19. The van der Waals surface area contributed by atoms with Crippen molar-refractivity contribution in [2.75, 3.05) is 20.8 Å². The summed E-state index contributed by atoms with van der Waals surface area (Å²) in [6.45, 7) is 1.98. The number of hydrogen-bond donors (Lipinski definition) is 1. The van der Waals surface area contributed by atoms with Gasteiger partial charge in [-0.25, -0.2) is 4.39 Å². The molecule has 0 saturated heterocycles. The molecular weight excluding hydrogens is 249 g/mol. The molecule has 1 atom stereocenters. The predicted molar refractivity (Wildman–Crippen MR) is 70.3 cm³/mol. The molecule has 1 unspecified atom stereocenters. The zero-order chi connectivity index (χ0) is 14.4. The van der Waals surface area contributed by atoms with Crippen LogP contribution in [0.4, 0.5) is 4.39 Å². The van der Waals surface area contributed by atoms with Crippen molar-refractivity contribution in [2.24, 2.45) is 5.92 Å². The Balaban J connectivity index is 2.74. The second kappa shape index (κ2) is 7.09. The molecule has 0 fully saturated rings. The van der Waals surface area contributed by atoms with Crippen LogP contribution in [0.2, 0.25) is 0 Å². The highest BCUT2D eigenvalue weighted by Gasteiger charge is 2.19. The first kappa shape index (κ1) is 15.4. The monoisotopic (exact) mass is 269 g/mol. The molecule has 1 rings (SSSR count). The highest BCUT2D eigenvalue weighted by atomic mass is 19.1. The van der Waals surface area contributed by atoms with E-state index in [1.807, 2.05) is 6.92 Å². The molecule has 0 spiro atoms. The molecule has 0 bridgehead atoms. The number of amides is 1. The lowest BCUT2D eigenvalue weighted by molar-refractivity contribution is -0.136. The van der Waals surface area contributed by atoms with Gasteiger partial charge in [0.05, 0.1) is 19.6 Å². The van der Waals surface area contributed by atoms with Crippen LogP contribution < -0.4 is 4.74 Å². The maximum absolute atomic E-state index is 13.5. The molecule has 0 aromatic heterocycles. The number of carbonyl (C=O) groups is 1. The normalized spacial score (nSPS) is 12.1. The summed E-state index contributed by atoms with van der Waals surface area (Å²) in [5, 5.41) is 9.10. The topological polar surface area (TPSA) is 49.8 Å². The van der Waals surface area contributed by atoms with Crippen LogP contribution in [0.15, 0.2) is 18.2 Å². The number of aliphatic hydroxyl groups excluding tert-OH is 1. The second-order valence-electron chi connectivity index (χ2n) is 4.45. The van der Waals surface area contributed by atoms with Crippen LogP contribution in [0, 0.1) is 11.7 Å². The van der Waals surface area contributed by atoms with Gasteiger partial charge >= 0.3 is 0 Å². The quantitative estimate of drug-likeness (QED) is 0.857. The molecule has 4 nitrogen and oxygen atoms in total. The molecule has 0 aliphatic heterocycles. The van der Waals surface area contributed by atoms with E-state index in [4.69, 9.17) is 9.84 Å². The molecule has 1 aromatic carbocycles. The molecule has 1 aromatic rings. The van der Waals surface area contributed by atoms with Gasteiger partial charge in [-0.2, -0.15) is 0 Å². The Morgan fingerprint density at radius 2 is 2.21 bits per heavy atom. The highest BCUT2D eigenvalue weighted by molar-refractivity contribution is 5.78. The lowest BCUT2D eigenvalue weighted by atomic mass is 10.1. The van der Waals surface area contributed by atoms with E-state index in [9.17, 15) is 9.18 Å². The van der Waals surface area contributed by atoms with Crippen molar-refractivity contribution in [1.82, 2.24) is 4.90 Å². The van der Waals surface area contributed by atoms with Crippen LogP contribution in [-0.2, 0) is 11.3 Å². The number of rotatable bonds is 6. The van der Waals surface area contributed by atoms with Gasteiger partial charge in [-0.15, -0.1) is 0 Å². The van der Waals surface area contributed by atoms with Crippen molar-refractivity contribution in [2.45, 2.75) is 19.9 Å². The van der Waals surface area contributed by atoms with Gasteiger partial charge in [0.15, 0.2) is 11.6 Å². The van der Waals surface area contributed by atoms with Crippen LogP contribution in [0.1, 0.15) is 18.9 Å². The first-order valence-corrected chi connectivity index (χ1v) is 6.21. The molecule has 19 heavy (non-hydrogen) atoms. The largest absolute Gasteiger partial charge is 0.494 e. The van der Waals surface area contributed by atoms with Crippen molar-refractivity contribution >= 4 is 5.91 Å². The van der Waals surface area contributed by atoms with Crippen molar-refractivity contribution in [3.63, 3.8) is 0 Å². The van der Waals surface area contributed by atoms with Gasteiger partial charge in [0, 0.05) is 13.6 Å². The van der Waals surface area contributed by atoms with Crippen LogP contribution in [0.25, 0.3) is 0 Å². The van der Waals surface area contributed by atoms with E-state index in [0.717, 1.165) is 0 Å². The Hall–Kier alpha value is -1.62. The van der Waals surface area contributed by atoms with E-state index in [1.165, 1.54) is 24.1 Å². The lowest BCUT2D eigenvalue weighted by Crippen LogP contribution is -2.34. The Labute approximate surface area is 112 Å². The number of ether oxygens (including phenoxy) is 1. The fourth-order valence-corrected chi connectivity index (χ4v) is 1.85. The standard InChI is InChI=1S/C14H20FNO3/c1-4-11(9-17)14(18)16(2)8-10-5-6-13(19-3)12(15)7-10/h5-7,11,17H,4,8-9H2,1-3H3. The van der Waals surface area contributed by atoms with Crippen molar-refractivity contribution < 1.29 is 19.0 Å². The molecule has 5 heteroatoms. The van der Waals surface area contributed by atoms with Crippen molar-refractivity contribution in [3.05, 3.63) is 29.6 Å². The van der Waals surface area contributed by atoms with E-state index in [2.05, 4.69) is 0 Å². The van der Waals surface area contributed by atoms with Crippen LogP contribution >= 0.6 is 0 Å². The van der Waals surface area contributed by atoms with Crippen molar-refractivity contribution in [3.8, 4) is 5.75 Å². The van der Waals surface area contributed by atoms with E-state index < -0.39 is 11.7 Å². The number of hydrogen-bond acceptors (Lipinski definition) is 3. The summed E-state index contributed by atoms with van der Waals surface area (Å²) in [6.07, 6.45) is 0.580. The molecule has 1 N–H and O–H groups in total. The number of methoxy groups -OCH3 is 1. The Bertz CT molecular complexity index is 433. The van der Waals surface area contributed by atoms with Crippen LogP contribution in [-0.4, -0.2) is 36.7 Å². The van der Waals surface area contributed by atoms with Gasteiger partial charge in [0.1, 0.15) is 0 Å². The summed E-state index contributed by atoms with van der Waals surface area (Å²) in [7, 11) is 3.05. The molecule has 0 radical (unpaired) electrons. The third-order valence-electron chi connectivity index (χ3n) is 3.07. The maximum Gasteiger partial charge on any atom is 0.228 e. The molecule has 1 amide bonds. The third-order valence-corrected chi connectivity index (χ3v) is 3.07. The fourth-order valence-electron chi connectivity index (χ4n) is 1.85. The third kappa shape index (κ3) is 3.92. The molecule has 106 valence electrons. The number of aliphatic hydroxyl groups is 1. The lowest BCUT2D eigenvalue weighted by Gasteiger charge is -2.22. The van der Waals surface area contributed by atoms with E-state index in [0.29, 0.717) is 18.5 Å². The van der Waals surface area contributed by atoms with Gasteiger partial charge < -0.3 is 14.7 Å². The Morgan fingerprint density at radius 1 is 1.53 bits per heavy atom. The zero-order valence-corrected chi connectivity index (χ0v) is 11.5. The minimum atomic E-state index is -0.449. The van der Waals surface area contributed by atoms with Gasteiger partial charge in [-0.3, -0.25) is 4.79 Å². The SMILES string of the molecule is CCC(CO)C(=O)N(C)Cc1ccc(OC)c(F)c1. The van der Waals surface area contributed by atoms with E-state index >= 15 is 0 Å². The van der Waals surface area contributed by atoms with E-state index in [-0.39, 0.29) is 18.3 Å². The predicted octanol–water partition coefficient (Wildman–Crippen LogP) is 1.81. The summed E-state index contributed by atoms with van der Waals surface area (Å²) in [5.41, 5.74) is 0.682. The average Bonchev–Trinajstić information content (AvgIpc) is 2.40. The first-order valence-electron chi connectivity index (χ1n) is 6.21. The summed E-state index contributed by atoms with van der Waals surface area (Å²) in [5.74, 6) is -0.802. The van der Waals surface area contributed by atoms with Gasteiger partial charge in [0.25, 0.3) is 0 Å². The number of halogens is 1. The van der Waals surface area contributed by atoms with Crippen LogP contribution in [0.3, 0.4) is 0 Å². The maximum atomic E-state index is 13.5. The fraction of sp³-hybridized carbons (Fsp3) is 0.500. The minimum Gasteiger partial charge on any atom is -0.494 e. The molecule has 0 heterocycles.